The minimum Gasteiger partial charge on any atom is -0.465 e. The third-order valence-corrected chi connectivity index (χ3v) is 6.64. The van der Waals surface area contributed by atoms with Gasteiger partial charge in [-0.25, -0.2) is 14.4 Å². The van der Waals surface area contributed by atoms with Crippen molar-refractivity contribution < 1.29 is 24.2 Å². The van der Waals surface area contributed by atoms with Gasteiger partial charge in [0.25, 0.3) is 5.91 Å². The van der Waals surface area contributed by atoms with Crippen molar-refractivity contribution in [2.75, 3.05) is 38.0 Å². The number of carbonyl (C=O) groups excluding carboxylic acids is 2. The molecule has 0 saturated carbocycles. The summed E-state index contributed by atoms with van der Waals surface area (Å²) in [4.78, 5) is 53.8. The van der Waals surface area contributed by atoms with Crippen LogP contribution >= 0.6 is 0 Å². The van der Waals surface area contributed by atoms with Gasteiger partial charge in [-0.3, -0.25) is 9.36 Å². The van der Waals surface area contributed by atoms with Crippen LogP contribution in [0.15, 0.2) is 41.3 Å². The Morgan fingerprint density at radius 2 is 1.64 bits per heavy atom. The van der Waals surface area contributed by atoms with Crippen LogP contribution in [0.25, 0.3) is 0 Å². The number of carbonyl (C=O) groups is 3. The van der Waals surface area contributed by atoms with Crippen molar-refractivity contribution in [2.24, 2.45) is 0 Å². The SMILES string of the molecule is CC(C)(C)OC(=O)NCCCNC(=O)c1ccc(Nc2ccn(CCCCN3CCC(NC(=O)O)CC3)c(=O)n2)cc1. The van der Waals surface area contributed by atoms with E-state index in [1.165, 1.54) is 0 Å². The lowest BCUT2D eigenvalue weighted by atomic mass is 10.1. The van der Waals surface area contributed by atoms with Gasteiger partial charge >= 0.3 is 17.9 Å². The van der Waals surface area contributed by atoms with Crippen molar-refractivity contribution in [1.29, 1.82) is 0 Å². The summed E-state index contributed by atoms with van der Waals surface area (Å²) >= 11 is 0. The molecule has 13 nitrogen and oxygen atoms in total. The minimum absolute atomic E-state index is 0.0329. The lowest BCUT2D eigenvalue weighted by Gasteiger charge is -2.31. The Hall–Kier alpha value is -4.13. The topological polar surface area (TPSA) is 167 Å². The second-order valence-electron chi connectivity index (χ2n) is 11.3. The summed E-state index contributed by atoms with van der Waals surface area (Å²) in [7, 11) is 0. The molecule has 3 amide bonds. The Morgan fingerprint density at radius 3 is 2.29 bits per heavy atom. The highest BCUT2D eigenvalue weighted by Gasteiger charge is 2.20. The average molecular weight is 586 g/mol. The zero-order chi connectivity index (χ0) is 30.5. The van der Waals surface area contributed by atoms with Crippen LogP contribution in [0.4, 0.5) is 21.1 Å². The number of aromatic nitrogens is 2. The number of rotatable bonds is 13. The molecule has 2 aromatic rings. The molecule has 0 atom stereocenters. The van der Waals surface area contributed by atoms with Crippen molar-refractivity contribution in [3.63, 3.8) is 0 Å². The summed E-state index contributed by atoms with van der Waals surface area (Å²) in [5.41, 5.74) is 0.295. The predicted molar refractivity (Wildman–Crippen MR) is 159 cm³/mol. The fourth-order valence-electron chi connectivity index (χ4n) is 4.51. The number of unbranched alkanes of at least 4 members (excludes halogenated alkanes) is 1. The van der Waals surface area contributed by atoms with Crippen LogP contribution in [0.3, 0.4) is 0 Å². The van der Waals surface area contributed by atoms with Crippen molar-refractivity contribution in [3.05, 3.63) is 52.6 Å². The molecule has 2 heterocycles. The quantitative estimate of drug-likeness (QED) is 0.222. The number of hydrogen-bond acceptors (Lipinski definition) is 8. The minimum atomic E-state index is -0.966. The molecule has 1 aliphatic rings. The van der Waals surface area contributed by atoms with E-state index in [1.54, 1.807) is 61.9 Å². The Labute approximate surface area is 246 Å². The molecule has 13 heteroatoms. The molecular weight excluding hydrogens is 542 g/mol. The lowest BCUT2D eigenvalue weighted by Crippen LogP contribution is -2.44. The van der Waals surface area contributed by atoms with E-state index >= 15 is 0 Å². The van der Waals surface area contributed by atoms with Gasteiger partial charge < -0.3 is 36.0 Å². The lowest BCUT2D eigenvalue weighted by molar-refractivity contribution is 0.0527. The molecule has 0 bridgehead atoms. The number of amides is 3. The zero-order valence-corrected chi connectivity index (χ0v) is 24.6. The van der Waals surface area contributed by atoms with Gasteiger partial charge in [-0.15, -0.1) is 0 Å². The van der Waals surface area contributed by atoms with Gasteiger partial charge in [-0.2, -0.15) is 4.98 Å². The number of nitrogens with one attached hydrogen (secondary N) is 4. The first-order chi connectivity index (χ1) is 20.0. The number of carboxylic acid groups (broad SMARTS) is 1. The van der Waals surface area contributed by atoms with E-state index in [0.717, 1.165) is 45.3 Å². The van der Waals surface area contributed by atoms with E-state index in [9.17, 15) is 19.2 Å². The van der Waals surface area contributed by atoms with Gasteiger partial charge in [-0.1, -0.05) is 0 Å². The maximum Gasteiger partial charge on any atom is 0.407 e. The maximum atomic E-state index is 12.5. The largest absolute Gasteiger partial charge is 0.465 e. The second-order valence-corrected chi connectivity index (χ2v) is 11.3. The molecule has 3 rings (SSSR count). The predicted octanol–water partition coefficient (Wildman–Crippen LogP) is 3.14. The summed E-state index contributed by atoms with van der Waals surface area (Å²) in [5.74, 6) is 0.197. The Kier molecular flexibility index (Phi) is 12.1. The summed E-state index contributed by atoms with van der Waals surface area (Å²) in [5, 5.41) is 20.0. The Bertz CT molecular complexity index is 1230. The van der Waals surface area contributed by atoms with Gasteiger partial charge in [0.15, 0.2) is 0 Å². The normalized spacial score (nSPS) is 14.2. The number of piperidine rings is 1. The molecule has 230 valence electrons. The zero-order valence-electron chi connectivity index (χ0n) is 24.6. The molecule has 1 saturated heterocycles. The molecule has 0 spiro atoms. The van der Waals surface area contributed by atoms with E-state index in [4.69, 9.17) is 9.84 Å². The van der Waals surface area contributed by atoms with E-state index in [0.29, 0.717) is 43.1 Å². The highest BCUT2D eigenvalue weighted by Crippen LogP contribution is 2.15. The highest BCUT2D eigenvalue weighted by atomic mass is 16.6. The van der Waals surface area contributed by atoms with Crippen LogP contribution in [-0.4, -0.2) is 82.0 Å². The number of aryl methyl sites for hydroxylation is 1. The third-order valence-electron chi connectivity index (χ3n) is 6.64. The van der Waals surface area contributed by atoms with E-state index in [2.05, 4.69) is 31.2 Å². The summed E-state index contributed by atoms with van der Waals surface area (Å²) in [6.45, 7) is 9.40. The molecule has 0 unspecified atom stereocenters. The van der Waals surface area contributed by atoms with Gasteiger partial charge in [0, 0.05) is 56.2 Å². The first-order valence-electron chi connectivity index (χ1n) is 14.4. The summed E-state index contributed by atoms with van der Waals surface area (Å²) < 4.78 is 6.76. The van der Waals surface area contributed by atoms with Gasteiger partial charge in [-0.05, 0) is 89.8 Å². The molecule has 0 radical (unpaired) electrons. The average Bonchev–Trinajstić information content (AvgIpc) is 2.92. The van der Waals surface area contributed by atoms with Crippen LogP contribution in [0.2, 0.25) is 0 Å². The smallest absolute Gasteiger partial charge is 0.407 e. The summed E-state index contributed by atoms with van der Waals surface area (Å²) in [6, 6.07) is 8.63. The van der Waals surface area contributed by atoms with Gasteiger partial charge in [0.2, 0.25) is 0 Å². The molecule has 1 aliphatic heterocycles. The number of benzene rings is 1. The van der Waals surface area contributed by atoms with E-state index in [-0.39, 0.29) is 17.6 Å². The Morgan fingerprint density at radius 1 is 0.976 bits per heavy atom. The molecule has 1 aromatic carbocycles. The number of likely N-dealkylation sites (tertiary alicyclic amines) is 1. The first kappa shape index (κ1) is 32.4. The molecule has 1 aromatic heterocycles. The van der Waals surface area contributed by atoms with Crippen molar-refractivity contribution in [2.45, 2.75) is 71.1 Å². The number of nitrogens with zero attached hydrogens (tertiary/aromatic N) is 3. The number of anilines is 2. The molecule has 5 N–H and O–H groups in total. The molecule has 1 fully saturated rings. The van der Waals surface area contributed by atoms with Crippen LogP contribution in [0, 0.1) is 0 Å². The molecule has 42 heavy (non-hydrogen) atoms. The van der Waals surface area contributed by atoms with Gasteiger partial charge in [0.1, 0.15) is 11.4 Å². The van der Waals surface area contributed by atoms with Crippen LogP contribution < -0.4 is 27.0 Å². The van der Waals surface area contributed by atoms with Crippen LogP contribution in [0.1, 0.15) is 63.2 Å². The molecule has 0 aliphatic carbocycles. The monoisotopic (exact) mass is 585 g/mol. The maximum absolute atomic E-state index is 12.5. The van der Waals surface area contributed by atoms with Crippen molar-refractivity contribution >= 4 is 29.6 Å². The molecular formula is C29H43N7O6. The van der Waals surface area contributed by atoms with E-state index in [1.807, 2.05) is 0 Å². The fraction of sp³-hybridized carbons (Fsp3) is 0.552. The van der Waals surface area contributed by atoms with E-state index < -0.39 is 17.8 Å². The second kappa shape index (κ2) is 15.8. The number of hydrogen-bond donors (Lipinski definition) is 5. The first-order valence-corrected chi connectivity index (χ1v) is 14.4. The number of alkyl carbamates (subject to hydrolysis) is 1. The van der Waals surface area contributed by atoms with Crippen LogP contribution in [-0.2, 0) is 11.3 Å². The standard InChI is InChI=1S/C29H43N7O6/c1-29(2,3)42-28(41)31-15-6-14-30-25(37)21-7-9-22(10-8-21)32-24-13-20-36(26(38)34-24)17-5-4-16-35-18-11-23(12-19-35)33-27(39)40/h7-10,13,20,23,33H,4-6,11-12,14-19H2,1-3H3,(H,30,37)(H,31,41)(H,39,40)(H,32,34,38). The number of ether oxygens (including phenoxy) is 1. The van der Waals surface area contributed by atoms with Crippen LogP contribution in [0.5, 0.6) is 0 Å². The highest BCUT2D eigenvalue weighted by molar-refractivity contribution is 5.94. The third kappa shape index (κ3) is 11.8. The van der Waals surface area contributed by atoms with Crippen molar-refractivity contribution in [3.8, 4) is 0 Å². The van der Waals surface area contributed by atoms with Crippen molar-refractivity contribution in [1.82, 2.24) is 30.4 Å². The summed E-state index contributed by atoms with van der Waals surface area (Å²) in [6.07, 6.45) is 4.24. The fourth-order valence-corrected chi connectivity index (χ4v) is 4.51. The Balaban J connectivity index is 1.34. The van der Waals surface area contributed by atoms with Gasteiger partial charge in [0.05, 0.1) is 0 Å².